The van der Waals surface area contributed by atoms with Gasteiger partial charge in [-0.2, -0.15) is 0 Å². The van der Waals surface area contributed by atoms with Gasteiger partial charge in [-0.05, 0) is 44.7 Å². The van der Waals surface area contributed by atoms with Gasteiger partial charge >= 0.3 is 0 Å². The Morgan fingerprint density at radius 3 is 2.21 bits per heavy atom. The predicted octanol–water partition coefficient (Wildman–Crippen LogP) is 1.91. The molecule has 1 atom stereocenters. The summed E-state index contributed by atoms with van der Waals surface area (Å²) >= 11 is 0. The van der Waals surface area contributed by atoms with Gasteiger partial charge in [0.05, 0.1) is 0 Å². The Hall–Kier alpha value is -0.770. The molecule has 4 nitrogen and oxygen atoms in total. The van der Waals surface area contributed by atoms with E-state index >= 15 is 0 Å². The molecule has 0 saturated carbocycles. The second-order valence-electron chi connectivity index (χ2n) is 6.21. The van der Waals surface area contributed by atoms with Crippen LogP contribution in [-0.4, -0.2) is 55.0 Å². The maximum Gasteiger partial charge on any atom is 0.191 e. The minimum absolute atomic E-state index is 0.614. The summed E-state index contributed by atoms with van der Waals surface area (Å²) in [4.78, 5) is 9.46. The highest BCUT2D eigenvalue weighted by Gasteiger charge is 2.15. The zero-order chi connectivity index (χ0) is 13.5. The highest BCUT2D eigenvalue weighted by atomic mass is 15.2. The van der Waals surface area contributed by atoms with Gasteiger partial charge in [0.2, 0.25) is 0 Å². The van der Waals surface area contributed by atoms with Crippen LogP contribution in [0.1, 0.15) is 45.4 Å². The number of nitrogens with two attached hydrogens (primary N) is 1. The van der Waals surface area contributed by atoms with Crippen molar-refractivity contribution in [1.82, 2.24) is 9.80 Å². The van der Waals surface area contributed by atoms with E-state index in [9.17, 15) is 0 Å². The second-order valence-corrected chi connectivity index (χ2v) is 6.21. The molecule has 0 bridgehead atoms. The van der Waals surface area contributed by atoms with Gasteiger partial charge in [-0.3, -0.25) is 4.99 Å². The highest BCUT2D eigenvalue weighted by Crippen LogP contribution is 2.11. The fourth-order valence-electron chi connectivity index (χ4n) is 3.11. The zero-order valence-electron chi connectivity index (χ0n) is 12.5. The minimum Gasteiger partial charge on any atom is -0.370 e. The van der Waals surface area contributed by atoms with E-state index in [2.05, 4.69) is 21.7 Å². The van der Waals surface area contributed by atoms with E-state index in [1.54, 1.807) is 0 Å². The van der Waals surface area contributed by atoms with Gasteiger partial charge in [0, 0.05) is 26.2 Å². The molecule has 0 spiro atoms. The first kappa shape index (κ1) is 14.6. The number of hydrogen-bond donors (Lipinski definition) is 1. The Morgan fingerprint density at radius 1 is 1.00 bits per heavy atom. The third-order valence-electron chi connectivity index (χ3n) is 4.26. The summed E-state index contributed by atoms with van der Waals surface area (Å²) in [6.07, 6.45) is 7.95. The van der Waals surface area contributed by atoms with Crippen LogP contribution >= 0.6 is 0 Å². The summed E-state index contributed by atoms with van der Waals surface area (Å²) in [5, 5.41) is 0. The van der Waals surface area contributed by atoms with E-state index in [-0.39, 0.29) is 0 Å². The van der Waals surface area contributed by atoms with E-state index in [0.717, 1.165) is 25.6 Å². The normalized spacial score (nSPS) is 24.5. The lowest BCUT2D eigenvalue weighted by Crippen LogP contribution is -2.38. The predicted molar refractivity (Wildman–Crippen MR) is 81.4 cm³/mol. The van der Waals surface area contributed by atoms with Crippen LogP contribution in [0.25, 0.3) is 0 Å². The largest absolute Gasteiger partial charge is 0.370 e. The lowest BCUT2D eigenvalue weighted by atomic mass is 10.2. The monoisotopic (exact) mass is 266 g/mol. The van der Waals surface area contributed by atoms with E-state index in [1.165, 1.54) is 58.2 Å². The van der Waals surface area contributed by atoms with Crippen molar-refractivity contribution in [2.24, 2.45) is 16.6 Å². The molecule has 0 aromatic heterocycles. The van der Waals surface area contributed by atoms with Gasteiger partial charge in [-0.15, -0.1) is 0 Å². The van der Waals surface area contributed by atoms with Crippen molar-refractivity contribution >= 4 is 5.96 Å². The molecule has 0 radical (unpaired) electrons. The zero-order valence-corrected chi connectivity index (χ0v) is 12.5. The molecule has 110 valence electrons. The molecule has 2 saturated heterocycles. The smallest absolute Gasteiger partial charge is 0.191 e. The Morgan fingerprint density at radius 2 is 1.58 bits per heavy atom. The summed E-state index contributed by atoms with van der Waals surface area (Å²) < 4.78 is 0. The number of guanidine groups is 1. The minimum atomic E-state index is 0.614. The number of aliphatic imine (C=N–C) groups is 1. The molecular weight excluding hydrogens is 236 g/mol. The molecule has 2 aliphatic rings. The summed E-state index contributed by atoms with van der Waals surface area (Å²) in [5.41, 5.74) is 6.14. The van der Waals surface area contributed by atoms with Gasteiger partial charge in [0.1, 0.15) is 0 Å². The summed E-state index contributed by atoms with van der Waals surface area (Å²) in [6, 6.07) is 0. The number of likely N-dealkylation sites (tertiary alicyclic amines) is 2. The lowest BCUT2D eigenvalue weighted by Gasteiger charge is -2.22. The highest BCUT2D eigenvalue weighted by molar-refractivity contribution is 5.78. The van der Waals surface area contributed by atoms with Gasteiger partial charge in [-0.1, -0.05) is 19.8 Å². The number of rotatable bonds is 4. The second kappa shape index (κ2) is 7.73. The third kappa shape index (κ3) is 5.01. The summed E-state index contributed by atoms with van der Waals surface area (Å²) in [7, 11) is 0. The van der Waals surface area contributed by atoms with Crippen LogP contribution in [0.3, 0.4) is 0 Å². The van der Waals surface area contributed by atoms with Crippen molar-refractivity contribution in [3.05, 3.63) is 0 Å². The topological polar surface area (TPSA) is 44.9 Å². The molecule has 0 aromatic carbocycles. The van der Waals surface area contributed by atoms with Crippen LogP contribution < -0.4 is 5.73 Å². The van der Waals surface area contributed by atoms with Crippen LogP contribution in [-0.2, 0) is 0 Å². The van der Waals surface area contributed by atoms with Crippen molar-refractivity contribution in [3.63, 3.8) is 0 Å². The Labute approximate surface area is 118 Å². The van der Waals surface area contributed by atoms with Gasteiger partial charge in [0.15, 0.2) is 5.96 Å². The summed E-state index contributed by atoms with van der Waals surface area (Å²) in [5.74, 6) is 1.39. The Balaban J connectivity index is 1.72. The van der Waals surface area contributed by atoms with E-state index in [1.807, 2.05) is 0 Å². The molecule has 2 heterocycles. The van der Waals surface area contributed by atoms with Gasteiger partial charge in [-0.25, -0.2) is 0 Å². The van der Waals surface area contributed by atoms with Crippen LogP contribution in [0.5, 0.6) is 0 Å². The van der Waals surface area contributed by atoms with Crippen LogP contribution in [0.2, 0.25) is 0 Å². The van der Waals surface area contributed by atoms with Crippen molar-refractivity contribution < 1.29 is 0 Å². The van der Waals surface area contributed by atoms with E-state index in [4.69, 9.17) is 5.73 Å². The van der Waals surface area contributed by atoms with E-state index < -0.39 is 0 Å². The Bertz CT molecular complexity index is 276. The first-order valence-corrected chi connectivity index (χ1v) is 8.03. The molecule has 2 fully saturated rings. The molecule has 0 aliphatic carbocycles. The van der Waals surface area contributed by atoms with Crippen LogP contribution in [0.15, 0.2) is 4.99 Å². The Kier molecular flexibility index (Phi) is 5.95. The average Bonchev–Trinajstić information content (AvgIpc) is 2.76. The maximum atomic E-state index is 6.14. The SMILES string of the molecule is CC(CN=C(N)N1CCCCCC1)CN1CCCC1. The molecule has 0 aromatic rings. The van der Waals surface area contributed by atoms with Gasteiger partial charge in [0.25, 0.3) is 0 Å². The molecule has 4 heteroatoms. The first-order valence-electron chi connectivity index (χ1n) is 8.03. The average molecular weight is 266 g/mol. The van der Waals surface area contributed by atoms with Crippen molar-refractivity contribution in [1.29, 1.82) is 0 Å². The first-order chi connectivity index (χ1) is 9.25. The van der Waals surface area contributed by atoms with Crippen molar-refractivity contribution in [3.8, 4) is 0 Å². The third-order valence-corrected chi connectivity index (χ3v) is 4.26. The van der Waals surface area contributed by atoms with Crippen molar-refractivity contribution in [2.45, 2.75) is 45.4 Å². The lowest BCUT2D eigenvalue weighted by molar-refractivity contribution is 0.291. The number of nitrogens with zero attached hydrogens (tertiary/aromatic N) is 3. The quantitative estimate of drug-likeness (QED) is 0.624. The number of hydrogen-bond acceptors (Lipinski definition) is 2. The molecule has 1 unspecified atom stereocenters. The van der Waals surface area contributed by atoms with Crippen LogP contribution in [0.4, 0.5) is 0 Å². The standard InChI is InChI=1S/C15H30N4/c1-14(13-18-8-6-7-9-18)12-17-15(16)19-10-4-2-3-5-11-19/h14H,2-13H2,1H3,(H2,16,17). The molecule has 0 amide bonds. The maximum absolute atomic E-state index is 6.14. The molecule has 19 heavy (non-hydrogen) atoms. The van der Waals surface area contributed by atoms with Crippen molar-refractivity contribution in [2.75, 3.05) is 39.3 Å². The van der Waals surface area contributed by atoms with Gasteiger partial charge < -0.3 is 15.5 Å². The molecule has 2 N–H and O–H groups in total. The fourth-order valence-corrected chi connectivity index (χ4v) is 3.11. The molecule has 2 rings (SSSR count). The molecular formula is C15H30N4. The van der Waals surface area contributed by atoms with Crippen LogP contribution in [0, 0.1) is 5.92 Å². The molecule has 2 aliphatic heterocycles. The summed E-state index contributed by atoms with van der Waals surface area (Å²) in [6.45, 7) is 9.07. The fraction of sp³-hybridized carbons (Fsp3) is 0.933. The van der Waals surface area contributed by atoms with E-state index in [0.29, 0.717) is 5.92 Å².